The van der Waals surface area contributed by atoms with Gasteiger partial charge in [0, 0.05) is 17.9 Å². The molecular formula is C15H17BrIN3. The summed E-state index contributed by atoms with van der Waals surface area (Å²) in [5.41, 5.74) is 2.34. The lowest BCUT2D eigenvalue weighted by molar-refractivity contribution is 0.834. The Hall–Kier alpha value is -0.690. The minimum Gasteiger partial charge on any atom is -0.372 e. The van der Waals surface area contributed by atoms with Gasteiger partial charge in [0.15, 0.2) is 0 Å². The summed E-state index contributed by atoms with van der Waals surface area (Å²) < 4.78 is 2.23. The highest BCUT2D eigenvalue weighted by Crippen LogP contribution is 2.23. The highest BCUT2D eigenvalue weighted by Gasteiger charge is 2.12. The molecule has 1 aromatic heterocycles. The monoisotopic (exact) mass is 445 g/mol. The predicted octanol–water partition coefficient (Wildman–Crippen LogP) is 4.43. The molecule has 0 radical (unpaired) electrons. The second-order valence-corrected chi connectivity index (χ2v) is 6.45. The van der Waals surface area contributed by atoms with E-state index in [1.807, 2.05) is 25.2 Å². The van der Waals surface area contributed by atoms with Gasteiger partial charge in [0.1, 0.15) is 11.6 Å². The van der Waals surface area contributed by atoms with Gasteiger partial charge in [0.2, 0.25) is 0 Å². The van der Waals surface area contributed by atoms with Crippen LogP contribution in [0.2, 0.25) is 0 Å². The Morgan fingerprint density at radius 1 is 1.25 bits per heavy atom. The Bertz CT molecular complexity index is 602. The Morgan fingerprint density at radius 3 is 2.65 bits per heavy atom. The molecule has 0 aliphatic carbocycles. The predicted molar refractivity (Wildman–Crippen MR) is 95.2 cm³/mol. The van der Waals surface area contributed by atoms with Gasteiger partial charge in [-0.25, -0.2) is 9.97 Å². The van der Waals surface area contributed by atoms with E-state index in [-0.39, 0.29) is 0 Å². The molecule has 0 bridgehead atoms. The Kier molecular flexibility index (Phi) is 5.77. The van der Waals surface area contributed by atoms with Crippen molar-refractivity contribution in [3.8, 4) is 0 Å². The molecule has 0 spiro atoms. The number of rotatable bonds is 5. The van der Waals surface area contributed by atoms with Gasteiger partial charge in [-0.2, -0.15) is 0 Å². The van der Waals surface area contributed by atoms with Crippen LogP contribution in [0.25, 0.3) is 0 Å². The van der Waals surface area contributed by atoms with Crippen LogP contribution < -0.4 is 5.32 Å². The fourth-order valence-corrected chi connectivity index (χ4v) is 3.21. The molecule has 1 aromatic carbocycles. The maximum Gasteiger partial charge on any atom is 0.143 e. The lowest BCUT2D eigenvalue weighted by Gasteiger charge is -2.11. The van der Waals surface area contributed by atoms with Gasteiger partial charge >= 0.3 is 0 Å². The van der Waals surface area contributed by atoms with Crippen molar-refractivity contribution in [2.75, 3.05) is 12.4 Å². The summed E-state index contributed by atoms with van der Waals surface area (Å²) in [4.78, 5) is 9.35. The van der Waals surface area contributed by atoms with Crippen LogP contribution in [0.3, 0.4) is 0 Å². The van der Waals surface area contributed by atoms with Crippen LogP contribution >= 0.6 is 38.5 Å². The molecule has 0 amide bonds. The molecule has 0 aliphatic rings. The third-order valence-corrected chi connectivity index (χ3v) is 4.90. The molecule has 106 valence electrons. The van der Waals surface area contributed by atoms with Crippen molar-refractivity contribution in [2.24, 2.45) is 0 Å². The number of benzene rings is 1. The van der Waals surface area contributed by atoms with Crippen molar-refractivity contribution >= 4 is 44.3 Å². The molecule has 2 aromatic rings. The van der Waals surface area contributed by atoms with Crippen molar-refractivity contribution < 1.29 is 0 Å². The number of hydrogen-bond donors (Lipinski definition) is 1. The van der Waals surface area contributed by atoms with Gasteiger partial charge in [0.25, 0.3) is 0 Å². The fourth-order valence-electron chi connectivity index (χ4n) is 2.00. The van der Waals surface area contributed by atoms with E-state index < -0.39 is 0 Å². The highest BCUT2D eigenvalue weighted by atomic mass is 127. The smallest absolute Gasteiger partial charge is 0.143 e. The Morgan fingerprint density at radius 2 is 2.00 bits per heavy atom. The van der Waals surface area contributed by atoms with Crippen LogP contribution in [-0.4, -0.2) is 17.0 Å². The van der Waals surface area contributed by atoms with Crippen molar-refractivity contribution in [2.45, 2.75) is 26.2 Å². The van der Waals surface area contributed by atoms with E-state index >= 15 is 0 Å². The zero-order chi connectivity index (χ0) is 14.5. The van der Waals surface area contributed by atoms with Crippen LogP contribution in [0.1, 0.15) is 30.4 Å². The molecule has 0 atom stereocenters. The molecule has 0 fully saturated rings. The summed E-state index contributed by atoms with van der Waals surface area (Å²) >= 11 is 5.90. The van der Waals surface area contributed by atoms with Crippen molar-refractivity contribution in [3.05, 3.63) is 49.4 Å². The maximum absolute atomic E-state index is 4.73. The van der Waals surface area contributed by atoms with Crippen LogP contribution in [0.5, 0.6) is 0 Å². The zero-order valence-corrected chi connectivity index (χ0v) is 15.3. The summed E-state index contributed by atoms with van der Waals surface area (Å²) in [5, 5.41) is 3.16. The maximum atomic E-state index is 4.73. The average molecular weight is 446 g/mol. The third-order valence-electron chi connectivity index (χ3n) is 3.00. The molecule has 0 unspecified atom stereocenters. The fraction of sp³-hybridized carbons (Fsp3) is 0.333. The molecule has 5 heteroatoms. The van der Waals surface area contributed by atoms with Gasteiger partial charge in [-0.15, -0.1) is 0 Å². The zero-order valence-electron chi connectivity index (χ0n) is 11.6. The van der Waals surface area contributed by atoms with Crippen LogP contribution in [0.4, 0.5) is 5.82 Å². The molecule has 1 heterocycles. The third kappa shape index (κ3) is 3.69. The van der Waals surface area contributed by atoms with Gasteiger partial charge in [0.05, 0.1) is 9.26 Å². The first-order valence-corrected chi connectivity index (χ1v) is 8.49. The summed E-state index contributed by atoms with van der Waals surface area (Å²) in [6, 6.07) is 8.21. The van der Waals surface area contributed by atoms with E-state index in [4.69, 9.17) is 4.98 Å². The normalized spacial score (nSPS) is 10.6. The number of aryl methyl sites for hydroxylation is 1. The van der Waals surface area contributed by atoms with Crippen LogP contribution in [0, 0.1) is 3.57 Å². The number of nitrogens with zero attached hydrogens (tertiary/aromatic N) is 2. The second kappa shape index (κ2) is 7.36. The van der Waals surface area contributed by atoms with Gasteiger partial charge in [-0.05, 0) is 40.6 Å². The number of halogens is 2. The lowest BCUT2D eigenvalue weighted by atomic mass is 10.1. The summed E-state index contributed by atoms with van der Waals surface area (Å²) in [5.74, 6) is 1.79. The first kappa shape index (κ1) is 15.7. The highest BCUT2D eigenvalue weighted by molar-refractivity contribution is 14.1. The standard InChI is InChI=1S/C15H17BrIN3/c1-3-6-12-14(17)15(18-2)20-13(19-12)9-10-7-4-5-8-11(10)16/h4-5,7-8H,3,6,9H2,1-2H3,(H,18,19,20). The minimum absolute atomic E-state index is 0.740. The average Bonchev–Trinajstić information content (AvgIpc) is 2.45. The topological polar surface area (TPSA) is 37.8 Å². The van der Waals surface area contributed by atoms with E-state index in [0.717, 1.165) is 44.6 Å². The molecule has 2 rings (SSSR count). The van der Waals surface area contributed by atoms with E-state index in [9.17, 15) is 0 Å². The Balaban J connectivity index is 2.37. The molecule has 0 saturated heterocycles. The minimum atomic E-state index is 0.740. The van der Waals surface area contributed by atoms with E-state index in [1.165, 1.54) is 5.56 Å². The molecule has 0 aliphatic heterocycles. The van der Waals surface area contributed by atoms with Crippen molar-refractivity contribution in [3.63, 3.8) is 0 Å². The Labute approximate surface area is 141 Å². The quantitative estimate of drug-likeness (QED) is 0.692. The molecule has 0 saturated carbocycles. The van der Waals surface area contributed by atoms with Gasteiger partial charge in [-0.1, -0.05) is 47.5 Å². The van der Waals surface area contributed by atoms with Crippen molar-refractivity contribution in [1.29, 1.82) is 0 Å². The van der Waals surface area contributed by atoms with Crippen LogP contribution in [0.15, 0.2) is 28.7 Å². The van der Waals surface area contributed by atoms with Gasteiger partial charge < -0.3 is 5.32 Å². The molecule has 20 heavy (non-hydrogen) atoms. The van der Waals surface area contributed by atoms with E-state index in [2.05, 4.69) is 61.8 Å². The lowest BCUT2D eigenvalue weighted by Crippen LogP contribution is -2.08. The van der Waals surface area contributed by atoms with Gasteiger partial charge in [-0.3, -0.25) is 0 Å². The molecule has 3 nitrogen and oxygen atoms in total. The largest absolute Gasteiger partial charge is 0.372 e. The SMILES string of the molecule is CCCc1nc(Cc2ccccc2Br)nc(NC)c1I. The summed E-state index contributed by atoms with van der Waals surface area (Å²) in [6.45, 7) is 2.17. The van der Waals surface area contributed by atoms with E-state index in [1.54, 1.807) is 0 Å². The number of anilines is 1. The summed E-state index contributed by atoms with van der Waals surface area (Å²) in [7, 11) is 1.91. The van der Waals surface area contributed by atoms with E-state index in [0.29, 0.717) is 0 Å². The second-order valence-electron chi connectivity index (χ2n) is 4.52. The van der Waals surface area contributed by atoms with Crippen LogP contribution in [-0.2, 0) is 12.8 Å². The summed E-state index contributed by atoms with van der Waals surface area (Å²) in [6.07, 6.45) is 2.81. The van der Waals surface area contributed by atoms with Crippen molar-refractivity contribution in [1.82, 2.24) is 9.97 Å². The number of nitrogens with one attached hydrogen (secondary N) is 1. The first-order valence-electron chi connectivity index (χ1n) is 6.62. The number of aromatic nitrogens is 2. The number of hydrogen-bond acceptors (Lipinski definition) is 3. The molecular weight excluding hydrogens is 429 g/mol. The first-order chi connectivity index (χ1) is 9.65. The molecule has 1 N–H and O–H groups in total.